The summed E-state index contributed by atoms with van der Waals surface area (Å²) >= 11 is 12.0. The summed E-state index contributed by atoms with van der Waals surface area (Å²) in [5, 5.41) is 11.3. The van der Waals surface area contributed by atoms with Crippen LogP contribution in [-0.2, 0) is 9.63 Å². The molecule has 23 heavy (non-hydrogen) atoms. The van der Waals surface area contributed by atoms with Gasteiger partial charge in [-0.25, -0.2) is 0 Å². The molecule has 7 heteroatoms. The quantitative estimate of drug-likeness (QED) is 0.607. The molecule has 1 amide bonds. The second-order valence-corrected chi connectivity index (χ2v) is 6.26. The Morgan fingerprint density at radius 2 is 2.04 bits per heavy atom. The van der Waals surface area contributed by atoms with Gasteiger partial charge in [-0.2, -0.15) is 0 Å². The van der Waals surface area contributed by atoms with Crippen LogP contribution in [0.3, 0.4) is 0 Å². The van der Waals surface area contributed by atoms with E-state index in [1.165, 1.54) is 7.11 Å². The van der Waals surface area contributed by atoms with E-state index in [-0.39, 0.29) is 11.9 Å². The van der Waals surface area contributed by atoms with Gasteiger partial charge in [-0.15, -0.1) is 0 Å². The van der Waals surface area contributed by atoms with Crippen molar-refractivity contribution in [2.75, 3.05) is 20.2 Å². The van der Waals surface area contributed by atoms with Crippen molar-refractivity contribution in [3.63, 3.8) is 0 Å². The summed E-state index contributed by atoms with van der Waals surface area (Å²) in [5.74, 6) is 0.0285. The standard InChI is InChI=1S/C16H21Cl2N3O2/c1-23-21-15(11-2-3-13(17)14(18)10-11)4-5-16(22)20-12-6-8-19-9-7-12/h2-3,10,12,19H,4-9H2,1H3,(H,20,22)/b21-15-. The molecule has 0 aromatic heterocycles. The number of carbonyl (C=O) groups excluding carboxylic acids is 1. The third-order valence-electron chi connectivity index (χ3n) is 3.75. The van der Waals surface area contributed by atoms with Gasteiger partial charge in [-0.3, -0.25) is 4.79 Å². The summed E-state index contributed by atoms with van der Waals surface area (Å²) < 4.78 is 0. The van der Waals surface area contributed by atoms with Crippen molar-refractivity contribution in [3.05, 3.63) is 33.8 Å². The number of oxime groups is 1. The maximum absolute atomic E-state index is 12.1. The smallest absolute Gasteiger partial charge is 0.220 e. The van der Waals surface area contributed by atoms with Gasteiger partial charge in [-0.05, 0) is 38.1 Å². The fourth-order valence-corrected chi connectivity index (χ4v) is 2.82. The number of nitrogens with one attached hydrogen (secondary N) is 2. The van der Waals surface area contributed by atoms with E-state index < -0.39 is 0 Å². The lowest BCUT2D eigenvalue weighted by Crippen LogP contribution is -2.42. The number of nitrogens with zero attached hydrogens (tertiary/aromatic N) is 1. The van der Waals surface area contributed by atoms with Crippen molar-refractivity contribution in [1.29, 1.82) is 0 Å². The second-order valence-electron chi connectivity index (χ2n) is 5.44. The predicted molar refractivity (Wildman–Crippen MR) is 93.3 cm³/mol. The molecular weight excluding hydrogens is 337 g/mol. The maximum Gasteiger partial charge on any atom is 0.220 e. The molecule has 0 atom stereocenters. The highest BCUT2D eigenvalue weighted by molar-refractivity contribution is 6.42. The van der Waals surface area contributed by atoms with Crippen molar-refractivity contribution in [2.24, 2.45) is 5.16 Å². The molecule has 0 radical (unpaired) electrons. The Labute approximate surface area is 146 Å². The van der Waals surface area contributed by atoms with Gasteiger partial charge in [0.15, 0.2) is 0 Å². The average molecular weight is 358 g/mol. The first kappa shape index (κ1) is 18.0. The summed E-state index contributed by atoms with van der Waals surface area (Å²) in [5.41, 5.74) is 1.47. The normalized spacial score (nSPS) is 16.2. The molecule has 1 aromatic rings. The molecule has 2 rings (SSSR count). The molecule has 1 aliphatic rings. The van der Waals surface area contributed by atoms with Crippen LogP contribution >= 0.6 is 23.2 Å². The molecule has 0 unspecified atom stereocenters. The highest BCUT2D eigenvalue weighted by Crippen LogP contribution is 2.23. The zero-order valence-electron chi connectivity index (χ0n) is 13.1. The largest absolute Gasteiger partial charge is 0.399 e. The lowest BCUT2D eigenvalue weighted by Gasteiger charge is -2.23. The number of hydrogen-bond acceptors (Lipinski definition) is 4. The average Bonchev–Trinajstić information content (AvgIpc) is 2.55. The minimum Gasteiger partial charge on any atom is -0.399 e. The van der Waals surface area contributed by atoms with Gasteiger partial charge >= 0.3 is 0 Å². The topological polar surface area (TPSA) is 62.7 Å². The minimum absolute atomic E-state index is 0.0285. The number of benzene rings is 1. The van der Waals surface area contributed by atoms with Crippen LogP contribution in [0.1, 0.15) is 31.2 Å². The Hall–Kier alpha value is -1.30. The first-order chi connectivity index (χ1) is 11.1. The first-order valence-electron chi connectivity index (χ1n) is 7.65. The molecule has 1 saturated heterocycles. The Kier molecular flexibility index (Phi) is 7.15. The van der Waals surface area contributed by atoms with E-state index in [1.54, 1.807) is 12.1 Å². The van der Waals surface area contributed by atoms with Gasteiger partial charge in [0.05, 0.1) is 15.8 Å². The molecule has 5 nitrogen and oxygen atoms in total. The fraction of sp³-hybridized carbons (Fsp3) is 0.500. The third kappa shape index (κ3) is 5.68. The Balaban J connectivity index is 1.92. The lowest BCUT2D eigenvalue weighted by molar-refractivity contribution is -0.121. The van der Waals surface area contributed by atoms with Gasteiger partial charge in [0, 0.05) is 24.4 Å². The van der Waals surface area contributed by atoms with Crippen LogP contribution in [0.25, 0.3) is 0 Å². The molecule has 0 spiro atoms. The van der Waals surface area contributed by atoms with Crippen LogP contribution in [0.2, 0.25) is 10.0 Å². The molecule has 1 aromatic carbocycles. The first-order valence-corrected chi connectivity index (χ1v) is 8.41. The minimum atomic E-state index is 0.0285. The molecular formula is C16H21Cl2N3O2. The van der Waals surface area contributed by atoms with Crippen molar-refractivity contribution in [3.8, 4) is 0 Å². The van der Waals surface area contributed by atoms with E-state index >= 15 is 0 Å². The van der Waals surface area contributed by atoms with E-state index in [2.05, 4.69) is 15.8 Å². The Morgan fingerprint density at radius 1 is 1.30 bits per heavy atom. The SMILES string of the molecule is CO/N=C(/CCC(=O)NC1CCNCC1)c1ccc(Cl)c(Cl)c1. The predicted octanol–water partition coefficient (Wildman–Crippen LogP) is 2.99. The van der Waals surface area contributed by atoms with Crippen LogP contribution in [0.4, 0.5) is 0 Å². The van der Waals surface area contributed by atoms with Crippen LogP contribution in [0, 0.1) is 0 Å². The summed E-state index contributed by atoms with van der Waals surface area (Å²) in [6, 6.07) is 5.51. The van der Waals surface area contributed by atoms with E-state index in [0.717, 1.165) is 31.5 Å². The van der Waals surface area contributed by atoms with E-state index in [0.29, 0.717) is 28.6 Å². The summed E-state index contributed by atoms with van der Waals surface area (Å²) in [7, 11) is 1.48. The van der Waals surface area contributed by atoms with Crippen LogP contribution in [0.5, 0.6) is 0 Å². The molecule has 1 aliphatic heterocycles. The van der Waals surface area contributed by atoms with E-state index in [1.807, 2.05) is 6.07 Å². The molecule has 0 aliphatic carbocycles. The maximum atomic E-state index is 12.1. The third-order valence-corrected chi connectivity index (χ3v) is 4.49. The molecule has 2 N–H and O–H groups in total. The van der Waals surface area contributed by atoms with Crippen LogP contribution in [-0.4, -0.2) is 37.9 Å². The van der Waals surface area contributed by atoms with Gasteiger partial charge in [0.25, 0.3) is 0 Å². The van der Waals surface area contributed by atoms with Gasteiger partial charge in [0.2, 0.25) is 5.91 Å². The monoisotopic (exact) mass is 357 g/mol. The zero-order valence-corrected chi connectivity index (χ0v) is 14.6. The van der Waals surface area contributed by atoms with Crippen molar-refractivity contribution >= 4 is 34.8 Å². The molecule has 1 fully saturated rings. The van der Waals surface area contributed by atoms with Crippen molar-refractivity contribution in [2.45, 2.75) is 31.7 Å². The molecule has 126 valence electrons. The van der Waals surface area contributed by atoms with E-state index in [9.17, 15) is 4.79 Å². The molecule has 0 saturated carbocycles. The number of piperidine rings is 1. The fourth-order valence-electron chi connectivity index (χ4n) is 2.53. The van der Waals surface area contributed by atoms with Gasteiger partial charge in [-0.1, -0.05) is 34.4 Å². The molecule has 1 heterocycles. The van der Waals surface area contributed by atoms with E-state index in [4.69, 9.17) is 28.0 Å². The highest BCUT2D eigenvalue weighted by atomic mass is 35.5. The Bertz CT molecular complexity index is 572. The number of carbonyl (C=O) groups is 1. The summed E-state index contributed by atoms with van der Waals surface area (Å²) in [6.07, 6.45) is 2.77. The number of hydrogen-bond donors (Lipinski definition) is 2. The van der Waals surface area contributed by atoms with Gasteiger partial charge in [0.1, 0.15) is 7.11 Å². The second kappa shape index (κ2) is 9.11. The van der Waals surface area contributed by atoms with Crippen LogP contribution in [0.15, 0.2) is 23.4 Å². The van der Waals surface area contributed by atoms with Crippen molar-refractivity contribution in [1.82, 2.24) is 10.6 Å². The van der Waals surface area contributed by atoms with Crippen molar-refractivity contribution < 1.29 is 9.63 Å². The summed E-state index contributed by atoms with van der Waals surface area (Å²) in [4.78, 5) is 17.0. The van der Waals surface area contributed by atoms with Crippen LogP contribution < -0.4 is 10.6 Å². The number of amides is 1. The summed E-state index contributed by atoms with van der Waals surface area (Å²) in [6.45, 7) is 1.90. The van der Waals surface area contributed by atoms with Gasteiger partial charge < -0.3 is 15.5 Å². The highest BCUT2D eigenvalue weighted by Gasteiger charge is 2.16. The molecule has 0 bridgehead atoms. The number of halogens is 2. The number of rotatable bonds is 6. The lowest BCUT2D eigenvalue weighted by atomic mass is 10.0. The Morgan fingerprint density at radius 3 is 2.70 bits per heavy atom. The zero-order chi connectivity index (χ0) is 16.7.